The van der Waals surface area contributed by atoms with Crippen LogP contribution in [-0.2, 0) is 0 Å². The minimum atomic E-state index is -0.255. The first-order chi connectivity index (χ1) is 21.4. The number of benzene rings is 3. The van der Waals surface area contributed by atoms with Crippen LogP contribution in [-0.4, -0.2) is 51.3 Å². The number of rotatable bonds is 14. The van der Waals surface area contributed by atoms with Crippen LogP contribution in [0.25, 0.3) is 0 Å². The number of amides is 3. The molecule has 0 atom stereocenters. The lowest BCUT2D eigenvalue weighted by atomic mass is 10.1. The van der Waals surface area contributed by atoms with Crippen LogP contribution in [0.1, 0.15) is 63.2 Å². The van der Waals surface area contributed by atoms with Gasteiger partial charge in [-0.2, -0.15) is 0 Å². The first-order valence-electron chi connectivity index (χ1n) is 15.7. The number of nitrogens with zero attached hydrogens (tertiary/aromatic N) is 1. The predicted octanol–water partition coefficient (Wildman–Crippen LogP) is 7.23. The summed E-state index contributed by atoms with van der Waals surface area (Å²) in [5.41, 5.74) is 1.99. The van der Waals surface area contributed by atoms with Crippen molar-refractivity contribution in [1.82, 2.24) is 10.6 Å². The van der Waals surface area contributed by atoms with Crippen LogP contribution in [0.2, 0.25) is 0 Å². The van der Waals surface area contributed by atoms with E-state index < -0.39 is 0 Å². The maximum Gasteiger partial charge on any atom is 0.319 e. The molecule has 0 unspecified atom stereocenters. The Labute approximate surface area is 261 Å². The number of piperidine rings is 1. The van der Waals surface area contributed by atoms with Crippen molar-refractivity contribution in [3.8, 4) is 23.0 Å². The summed E-state index contributed by atoms with van der Waals surface area (Å²) in [4.78, 5) is 27.6. The molecule has 0 aliphatic carbocycles. The molecule has 1 heterocycles. The van der Waals surface area contributed by atoms with Crippen LogP contribution >= 0.6 is 0 Å². The van der Waals surface area contributed by atoms with Crippen LogP contribution in [0.15, 0.2) is 66.7 Å². The number of nitrogens with one attached hydrogen (secondary N) is 3. The van der Waals surface area contributed by atoms with Crippen molar-refractivity contribution in [2.24, 2.45) is 5.92 Å². The average Bonchev–Trinajstić information content (AvgIpc) is 3.03. The minimum Gasteiger partial charge on any atom is -0.493 e. The molecule has 236 valence electrons. The van der Waals surface area contributed by atoms with Gasteiger partial charge in [0.05, 0.1) is 7.11 Å². The molecule has 3 aromatic rings. The van der Waals surface area contributed by atoms with Crippen LogP contribution in [0.3, 0.4) is 0 Å². The number of anilines is 2. The van der Waals surface area contributed by atoms with Crippen molar-refractivity contribution in [1.29, 1.82) is 0 Å². The fourth-order valence-electron chi connectivity index (χ4n) is 5.01. The number of hydrogen-bond donors (Lipinski definition) is 3. The second-order valence-electron chi connectivity index (χ2n) is 11.5. The van der Waals surface area contributed by atoms with Crippen molar-refractivity contribution in [2.45, 2.75) is 59.0 Å². The smallest absolute Gasteiger partial charge is 0.319 e. The van der Waals surface area contributed by atoms with Gasteiger partial charge in [-0.3, -0.25) is 4.79 Å². The van der Waals surface area contributed by atoms with Crippen LogP contribution in [0, 0.1) is 5.92 Å². The largest absolute Gasteiger partial charge is 0.493 e. The lowest BCUT2D eigenvalue weighted by Gasteiger charge is -2.26. The van der Waals surface area contributed by atoms with E-state index >= 15 is 0 Å². The Hall–Kier alpha value is -4.24. The molecule has 0 spiro atoms. The monoisotopic (exact) mass is 602 g/mol. The van der Waals surface area contributed by atoms with E-state index in [1.54, 1.807) is 30.2 Å². The summed E-state index contributed by atoms with van der Waals surface area (Å²) >= 11 is 0. The maximum atomic E-state index is 13.6. The third-order valence-corrected chi connectivity index (χ3v) is 7.35. The van der Waals surface area contributed by atoms with Crippen molar-refractivity contribution in [3.05, 3.63) is 72.3 Å². The van der Waals surface area contributed by atoms with Gasteiger partial charge in [-0.05, 0) is 98.9 Å². The number of methoxy groups -OCH3 is 1. The maximum absolute atomic E-state index is 13.6. The SMILES string of the molecule is CCCCCNC(=O)Nc1ccc(Oc2ccc(N(CC(C)C)C(=O)c3ccc(OC4CCNCC4)cc3)cc2)c(OC)c1. The molecule has 9 heteroatoms. The van der Waals surface area contributed by atoms with E-state index in [0.717, 1.165) is 56.6 Å². The van der Waals surface area contributed by atoms with Crippen LogP contribution in [0.5, 0.6) is 23.0 Å². The molecule has 1 aliphatic rings. The minimum absolute atomic E-state index is 0.0695. The van der Waals surface area contributed by atoms with Gasteiger partial charge in [0.1, 0.15) is 17.6 Å². The summed E-state index contributed by atoms with van der Waals surface area (Å²) < 4.78 is 17.8. The summed E-state index contributed by atoms with van der Waals surface area (Å²) in [5.74, 6) is 2.58. The summed E-state index contributed by atoms with van der Waals surface area (Å²) in [6.45, 7) is 9.44. The molecule has 3 amide bonds. The van der Waals surface area contributed by atoms with E-state index in [-0.39, 0.29) is 24.0 Å². The number of hydrogen-bond acceptors (Lipinski definition) is 6. The van der Waals surface area contributed by atoms with E-state index in [4.69, 9.17) is 14.2 Å². The molecule has 0 saturated carbocycles. The van der Waals surface area contributed by atoms with Gasteiger partial charge in [0.25, 0.3) is 5.91 Å². The van der Waals surface area contributed by atoms with Crippen molar-refractivity contribution in [2.75, 3.05) is 43.5 Å². The third-order valence-electron chi connectivity index (χ3n) is 7.35. The standard InChI is InChI=1S/C35H46N4O5/c1-5-6-7-20-37-35(41)38-27-10-17-32(33(23-27)42-4)44-30-15-11-28(12-16-30)39(24-25(2)3)34(40)26-8-13-29(14-9-26)43-31-18-21-36-22-19-31/h8-17,23,25,31,36H,5-7,18-22,24H2,1-4H3,(H2,37,38,41). The van der Waals surface area contributed by atoms with Gasteiger partial charge in [0, 0.05) is 36.1 Å². The summed E-state index contributed by atoms with van der Waals surface area (Å²) in [7, 11) is 1.56. The van der Waals surface area contributed by atoms with E-state index in [1.807, 2.05) is 48.5 Å². The zero-order valence-electron chi connectivity index (χ0n) is 26.4. The van der Waals surface area contributed by atoms with Gasteiger partial charge in [0.15, 0.2) is 11.5 Å². The van der Waals surface area contributed by atoms with E-state index in [0.29, 0.717) is 41.6 Å². The van der Waals surface area contributed by atoms with Gasteiger partial charge >= 0.3 is 6.03 Å². The van der Waals surface area contributed by atoms with Gasteiger partial charge in [-0.25, -0.2) is 4.79 Å². The molecule has 0 bridgehead atoms. The molecular formula is C35H46N4O5. The van der Waals surface area contributed by atoms with Crippen LogP contribution in [0.4, 0.5) is 16.2 Å². The number of carbonyl (C=O) groups excluding carboxylic acids is 2. The molecular weight excluding hydrogens is 556 g/mol. The van der Waals surface area contributed by atoms with Crippen molar-refractivity contribution < 1.29 is 23.8 Å². The fourth-order valence-corrected chi connectivity index (χ4v) is 5.01. The molecule has 1 saturated heterocycles. The quantitative estimate of drug-likeness (QED) is 0.168. The fraction of sp³-hybridized carbons (Fsp3) is 0.429. The molecule has 3 N–H and O–H groups in total. The highest BCUT2D eigenvalue weighted by molar-refractivity contribution is 6.06. The number of ether oxygens (including phenoxy) is 3. The molecule has 44 heavy (non-hydrogen) atoms. The van der Waals surface area contributed by atoms with E-state index in [2.05, 4.69) is 36.7 Å². The van der Waals surface area contributed by atoms with Gasteiger partial charge in [-0.1, -0.05) is 33.6 Å². The Balaban J connectivity index is 1.40. The Morgan fingerprint density at radius 2 is 1.64 bits per heavy atom. The zero-order valence-corrected chi connectivity index (χ0v) is 26.4. The normalized spacial score (nSPS) is 13.3. The van der Waals surface area contributed by atoms with Crippen molar-refractivity contribution in [3.63, 3.8) is 0 Å². The Bertz CT molecular complexity index is 1340. The summed E-state index contributed by atoms with van der Waals surface area (Å²) in [6, 6.07) is 19.9. The third kappa shape index (κ3) is 9.64. The molecule has 3 aromatic carbocycles. The second kappa shape index (κ2) is 16.6. The Morgan fingerprint density at radius 1 is 0.932 bits per heavy atom. The van der Waals surface area contributed by atoms with Gasteiger partial charge in [0.2, 0.25) is 0 Å². The lowest BCUT2D eigenvalue weighted by molar-refractivity contribution is 0.0983. The number of urea groups is 1. The second-order valence-corrected chi connectivity index (χ2v) is 11.5. The zero-order chi connectivity index (χ0) is 31.3. The molecule has 1 fully saturated rings. The highest BCUT2D eigenvalue weighted by Crippen LogP contribution is 2.35. The average molecular weight is 603 g/mol. The summed E-state index contributed by atoms with van der Waals surface area (Å²) in [5, 5.41) is 9.04. The summed E-state index contributed by atoms with van der Waals surface area (Å²) in [6.07, 6.45) is 5.30. The molecule has 9 nitrogen and oxygen atoms in total. The topological polar surface area (TPSA) is 101 Å². The molecule has 4 rings (SSSR count). The highest BCUT2D eigenvalue weighted by Gasteiger charge is 2.20. The Kier molecular flexibility index (Phi) is 12.3. The highest BCUT2D eigenvalue weighted by atomic mass is 16.5. The van der Waals surface area contributed by atoms with Crippen molar-refractivity contribution >= 4 is 23.3 Å². The number of carbonyl (C=O) groups is 2. The predicted molar refractivity (Wildman–Crippen MR) is 176 cm³/mol. The number of unbranched alkanes of at least 4 members (excludes halogenated alkanes) is 2. The van der Waals surface area contributed by atoms with Gasteiger partial charge < -0.3 is 35.1 Å². The van der Waals surface area contributed by atoms with E-state index in [9.17, 15) is 9.59 Å². The molecule has 0 aromatic heterocycles. The lowest BCUT2D eigenvalue weighted by Crippen LogP contribution is -2.34. The molecule has 0 radical (unpaired) electrons. The Morgan fingerprint density at radius 3 is 2.30 bits per heavy atom. The van der Waals surface area contributed by atoms with Gasteiger partial charge in [-0.15, -0.1) is 0 Å². The first kappa shape index (κ1) is 32.7. The van der Waals surface area contributed by atoms with Crippen LogP contribution < -0.4 is 35.1 Å². The first-order valence-corrected chi connectivity index (χ1v) is 15.7. The molecule has 1 aliphatic heterocycles. The van der Waals surface area contributed by atoms with E-state index in [1.165, 1.54) is 0 Å².